The molecular formula is C12H11BrN2S. The maximum Gasteiger partial charge on any atom is 0.186 e. The molecule has 16 heavy (non-hydrogen) atoms. The van der Waals surface area contributed by atoms with E-state index in [2.05, 4.69) is 50.1 Å². The molecule has 3 rings (SSSR count). The molecule has 4 heteroatoms. The Morgan fingerprint density at radius 3 is 2.81 bits per heavy atom. The van der Waals surface area contributed by atoms with Gasteiger partial charge in [-0.2, -0.15) is 0 Å². The Kier molecular flexibility index (Phi) is 2.69. The number of rotatable bonds is 1. The fourth-order valence-corrected chi connectivity index (χ4v) is 3.33. The van der Waals surface area contributed by atoms with E-state index in [0.29, 0.717) is 0 Å². The van der Waals surface area contributed by atoms with Crippen molar-refractivity contribution in [3.05, 3.63) is 45.4 Å². The highest BCUT2D eigenvalue weighted by Gasteiger charge is 2.17. The van der Waals surface area contributed by atoms with Crippen molar-refractivity contribution in [3.8, 4) is 0 Å². The van der Waals surface area contributed by atoms with Gasteiger partial charge in [0.15, 0.2) is 5.13 Å². The first kappa shape index (κ1) is 10.3. The Bertz CT molecular complexity index is 509. The normalized spacial score (nSPS) is 14.9. The number of halogens is 1. The van der Waals surface area contributed by atoms with E-state index >= 15 is 0 Å². The van der Waals surface area contributed by atoms with E-state index in [1.54, 1.807) is 11.3 Å². The van der Waals surface area contributed by atoms with Crippen molar-refractivity contribution in [1.82, 2.24) is 4.98 Å². The van der Waals surface area contributed by atoms with Crippen molar-refractivity contribution in [2.75, 3.05) is 11.4 Å². The highest BCUT2D eigenvalue weighted by atomic mass is 79.9. The van der Waals surface area contributed by atoms with Gasteiger partial charge in [0.2, 0.25) is 0 Å². The van der Waals surface area contributed by atoms with Gasteiger partial charge in [-0.1, -0.05) is 24.3 Å². The van der Waals surface area contributed by atoms with E-state index in [1.165, 1.54) is 11.1 Å². The van der Waals surface area contributed by atoms with Crippen LogP contribution in [0, 0.1) is 0 Å². The maximum atomic E-state index is 4.47. The van der Waals surface area contributed by atoms with Crippen molar-refractivity contribution in [2.24, 2.45) is 0 Å². The molecule has 2 heterocycles. The predicted molar refractivity (Wildman–Crippen MR) is 71.0 cm³/mol. The average Bonchev–Trinajstić information content (AvgIpc) is 2.75. The van der Waals surface area contributed by atoms with E-state index < -0.39 is 0 Å². The average molecular weight is 295 g/mol. The van der Waals surface area contributed by atoms with Crippen LogP contribution >= 0.6 is 27.3 Å². The molecule has 1 aromatic heterocycles. The molecule has 1 aliphatic rings. The summed E-state index contributed by atoms with van der Waals surface area (Å²) in [5, 5.41) is 3.15. The zero-order valence-electron chi connectivity index (χ0n) is 8.69. The van der Waals surface area contributed by atoms with Crippen LogP contribution in [0.4, 0.5) is 5.13 Å². The fraction of sp³-hybridized carbons (Fsp3) is 0.250. The van der Waals surface area contributed by atoms with E-state index in [9.17, 15) is 0 Å². The van der Waals surface area contributed by atoms with Crippen LogP contribution in [-0.4, -0.2) is 11.5 Å². The lowest BCUT2D eigenvalue weighted by molar-refractivity contribution is 0.728. The zero-order valence-corrected chi connectivity index (χ0v) is 11.1. The van der Waals surface area contributed by atoms with Crippen molar-refractivity contribution in [1.29, 1.82) is 0 Å². The van der Waals surface area contributed by atoms with Crippen molar-refractivity contribution < 1.29 is 0 Å². The van der Waals surface area contributed by atoms with Gasteiger partial charge in [0.25, 0.3) is 0 Å². The zero-order chi connectivity index (χ0) is 11.0. The number of hydrogen-bond acceptors (Lipinski definition) is 3. The summed E-state index contributed by atoms with van der Waals surface area (Å²) in [6.07, 6.45) is 1.12. The third-order valence-electron chi connectivity index (χ3n) is 2.87. The third kappa shape index (κ3) is 1.87. The Morgan fingerprint density at radius 2 is 2.06 bits per heavy atom. The van der Waals surface area contributed by atoms with E-state index in [1.807, 2.05) is 5.38 Å². The minimum absolute atomic E-state index is 0.936. The molecule has 1 aromatic carbocycles. The molecular weight excluding hydrogens is 284 g/mol. The summed E-state index contributed by atoms with van der Waals surface area (Å²) in [4.78, 5) is 6.81. The number of benzene rings is 1. The van der Waals surface area contributed by atoms with Gasteiger partial charge in [0.05, 0.1) is 0 Å². The third-order valence-corrected chi connectivity index (χ3v) is 4.48. The van der Waals surface area contributed by atoms with Gasteiger partial charge in [-0.15, -0.1) is 11.3 Å². The summed E-state index contributed by atoms with van der Waals surface area (Å²) in [7, 11) is 0. The van der Waals surface area contributed by atoms with Crippen molar-refractivity contribution >= 4 is 32.4 Å². The standard InChI is InChI=1S/C12H11BrN2S/c13-11-8-16-12(14-11)15-6-5-9-3-1-2-4-10(9)7-15/h1-4,8H,5-7H2. The Balaban J connectivity index is 1.88. The first-order chi connectivity index (χ1) is 7.83. The van der Waals surface area contributed by atoms with Crippen LogP contribution in [0.3, 0.4) is 0 Å². The Labute approximate surface area is 107 Å². The largest absolute Gasteiger partial charge is 0.343 e. The summed E-state index contributed by atoms with van der Waals surface area (Å²) in [6.45, 7) is 2.05. The van der Waals surface area contributed by atoms with Crippen LogP contribution in [0.15, 0.2) is 34.2 Å². The molecule has 0 bridgehead atoms. The van der Waals surface area contributed by atoms with Crippen LogP contribution < -0.4 is 4.90 Å². The van der Waals surface area contributed by atoms with Crippen LogP contribution in [0.5, 0.6) is 0 Å². The second kappa shape index (κ2) is 4.18. The number of fused-ring (bicyclic) bond motifs is 1. The van der Waals surface area contributed by atoms with Crippen LogP contribution in [0.2, 0.25) is 0 Å². The maximum absolute atomic E-state index is 4.47. The van der Waals surface area contributed by atoms with Crippen LogP contribution in [0.25, 0.3) is 0 Å². The number of nitrogens with zero attached hydrogens (tertiary/aromatic N) is 2. The molecule has 82 valence electrons. The topological polar surface area (TPSA) is 16.1 Å². The summed E-state index contributed by atoms with van der Waals surface area (Å²) < 4.78 is 0.936. The van der Waals surface area contributed by atoms with E-state index in [-0.39, 0.29) is 0 Å². The molecule has 2 aromatic rings. The Hall–Kier alpha value is -0.870. The molecule has 0 N–H and O–H groups in total. The summed E-state index contributed by atoms with van der Waals surface area (Å²) in [6, 6.07) is 8.67. The molecule has 1 aliphatic heterocycles. The first-order valence-corrected chi connectivity index (χ1v) is 6.93. The number of thiazole rings is 1. The van der Waals surface area contributed by atoms with Gasteiger partial charge < -0.3 is 4.90 Å². The molecule has 0 radical (unpaired) electrons. The minimum atomic E-state index is 0.936. The molecule has 0 spiro atoms. The van der Waals surface area contributed by atoms with E-state index in [0.717, 1.165) is 29.2 Å². The molecule has 0 saturated carbocycles. The molecule has 0 aliphatic carbocycles. The lowest BCUT2D eigenvalue weighted by Gasteiger charge is -2.28. The van der Waals surface area contributed by atoms with Gasteiger partial charge >= 0.3 is 0 Å². The monoisotopic (exact) mass is 294 g/mol. The lowest BCUT2D eigenvalue weighted by Crippen LogP contribution is -2.30. The molecule has 0 unspecified atom stereocenters. The SMILES string of the molecule is Brc1csc(N2CCc3ccccc3C2)n1. The molecule has 0 amide bonds. The summed E-state index contributed by atoms with van der Waals surface area (Å²) >= 11 is 5.10. The Morgan fingerprint density at radius 1 is 1.25 bits per heavy atom. The molecule has 0 fully saturated rings. The number of hydrogen-bond donors (Lipinski definition) is 0. The van der Waals surface area contributed by atoms with E-state index in [4.69, 9.17) is 0 Å². The molecule has 0 saturated heterocycles. The van der Waals surface area contributed by atoms with Crippen LogP contribution in [0.1, 0.15) is 11.1 Å². The van der Waals surface area contributed by atoms with Gasteiger partial charge in [-0.3, -0.25) is 0 Å². The molecule has 2 nitrogen and oxygen atoms in total. The van der Waals surface area contributed by atoms with Crippen LogP contribution in [-0.2, 0) is 13.0 Å². The first-order valence-electron chi connectivity index (χ1n) is 5.26. The summed E-state index contributed by atoms with van der Waals surface area (Å²) in [5.74, 6) is 0. The number of anilines is 1. The van der Waals surface area contributed by atoms with Gasteiger partial charge in [0, 0.05) is 18.5 Å². The van der Waals surface area contributed by atoms with Crippen molar-refractivity contribution in [3.63, 3.8) is 0 Å². The second-order valence-electron chi connectivity index (χ2n) is 3.89. The smallest absolute Gasteiger partial charge is 0.186 e. The second-order valence-corrected chi connectivity index (χ2v) is 5.54. The highest BCUT2D eigenvalue weighted by molar-refractivity contribution is 9.10. The van der Waals surface area contributed by atoms with Gasteiger partial charge in [0.1, 0.15) is 4.60 Å². The number of aromatic nitrogens is 1. The minimum Gasteiger partial charge on any atom is -0.343 e. The lowest BCUT2D eigenvalue weighted by atomic mass is 10.0. The van der Waals surface area contributed by atoms with Crippen molar-refractivity contribution in [2.45, 2.75) is 13.0 Å². The molecule has 0 atom stereocenters. The summed E-state index contributed by atoms with van der Waals surface area (Å²) in [5.41, 5.74) is 2.91. The predicted octanol–water partition coefficient (Wildman–Crippen LogP) is 3.47. The fourth-order valence-electron chi connectivity index (χ4n) is 2.05. The van der Waals surface area contributed by atoms with Gasteiger partial charge in [-0.05, 0) is 33.5 Å². The highest BCUT2D eigenvalue weighted by Crippen LogP contribution is 2.28. The van der Waals surface area contributed by atoms with Gasteiger partial charge in [-0.25, -0.2) is 4.98 Å². The quantitative estimate of drug-likeness (QED) is 0.801.